The fourth-order valence-corrected chi connectivity index (χ4v) is 14.5. The number of benzene rings is 6. The van der Waals surface area contributed by atoms with Gasteiger partial charge in [0, 0.05) is 28.3 Å². The predicted molar refractivity (Wildman–Crippen MR) is 203 cm³/mol. The maximum atomic E-state index is 2.86. The molecule has 0 amide bonds. The minimum atomic E-state index is -0.345. The molecule has 236 valence electrons. The summed E-state index contributed by atoms with van der Waals surface area (Å²) in [4.78, 5) is 2.86. The van der Waals surface area contributed by atoms with Crippen molar-refractivity contribution in [3.63, 3.8) is 0 Å². The molecule has 0 radical (unpaired) electrons. The third-order valence-corrected chi connectivity index (χ3v) is 15.5. The highest BCUT2D eigenvalue weighted by Gasteiger charge is 2.66. The molecule has 0 aromatic heterocycles. The van der Waals surface area contributed by atoms with E-state index in [-0.39, 0.29) is 23.5 Å². The van der Waals surface area contributed by atoms with Crippen molar-refractivity contribution < 1.29 is 0 Å². The smallest absolute Gasteiger partial charge is 0.246 e. The van der Waals surface area contributed by atoms with Crippen LogP contribution in [0.5, 0.6) is 0 Å². The van der Waals surface area contributed by atoms with Crippen LogP contribution in [0, 0.1) is 23.7 Å². The number of hydrogen-bond acceptors (Lipinski definition) is 1. The molecular formula is C48H36BN. The van der Waals surface area contributed by atoms with Gasteiger partial charge in [0.15, 0.2) is 0 Å². The molecule has 6 aromatic carbocycles. The molecule has 1 nitrogen and oxygen atoms in total. The Kier molecular flexibility index (Phi) is 4.37. The first-order chi connectivity index (χ1) is 24.8. The Labute approximate surface area is 294 Å². The minimum absolute atomic E-state index is 0.0710. The van der Waals surface area contributed by atoms with Crippen LogP contribution < -0.4 is 21.3 Å². The fraction of sp³-hybridized carbons (Fsp3) is 0.250. The summed E-state index contributed by atoms with van der Waals surface area (Å²) in [5.41, 5.74) is 22.6. The summed E-state index contributed by atoms with van der Waals surface area (Å²) in [5, 5.41) is 0. The molecule has 7 aliphatic carbocycles. The van der Waals surface area contributed by atoms with Crippen molar-refractivity contribution in [1.29, 1.82) is 0 Å². The zero-order valence-corrected chi connectivity index (χ0v) is 28.1. The molecule has 0 unspecified atom stereocenters. The predicted octanol–water partition coefficient (Wildman–Crippen LogP) is 8.54. The Bertz CT molecular complexity index is 2470. The molecule has 6 bridgehead atoms. The second-order valence-corrected chi connectivity index (χ2v) is 17.1. The highest BCUT2D eigenvalue weighted by Crippen LogP contribution is 2.75. The third-order valence-electron chi connectivity index (χ3n) is 15.5. The monoisotopic (exact) mass is 637 g/mol. The normalized spacial score (nSPS) is 31.1. The Morgan fingerprint density at radius 1 is 0.460 bits per heavy atom. The lowest BCUT2D eigenvalue weighted by Crippen LogP contribution is -2.64. The van der Waals surface area contributed by atoms with Crippen molar-refractivity contribution in [1.82, 2.24) is 0 Å². The molecule has 10 aliphatic rings. The average Bonchev–Trinajstić information content (AvgIpc) is 3.16. The first-order valence-electron chi connectivity index (χ1n) is 19.3. The van der Waals surface area contributed by atoms with Crippen molar-refractivity contribution in [3.05, 3.63) is 177 Å². The highest BCUT2D eigenvalue weighted by molar-refractivity contribution is 6.98. The van der Waals surface area contributed by atoms with Crippen LogP contribution in [0.3, 0.4) is 0 Å². The third kappa shape index (κ3) is 2.53. The summed E-state index contributed by atoms with van der Waals surface area (Å²) in [6.45, 7) is 0.194. The van der Waals surface area contributed by atoms with Crippen LogP contribution in [-0.2, 0) is 10.8 Å². The maximum absolute atomic E-state index is 2.86. The van der Waals surface area contributed by atoms with Crippen molar-refractivity contribution in [2.24, 2.45) is 23.7 Å². The second kappa shape index (κ2) is 8.38. The van der Waals surface area contributed by atoms with E-state index in [4.69, 9.17) is 0 Å². The Balaban J connectivity index is 1.22. The van der Waals surface area contributed by atoms with Crippen LogP contribution in [-0.4, -0.2) is 6.71 Å². The standard InChI is InChI=1S/C48H36BN/c1-2-10-31(11-3-1)49-40-18-8-16-37-44(40)50-45-38(17-9-19-41(45)49)48-35-14-6-4-12-32(35)42(33-13-5-7-15-36(33)48)34-20-21-39(46(50)43(34)48)47(37)29-23-27-22-28(25-29)26-30(47)24-27/h1-21,27-30,42H,22-26H2. The van der Waals surface area contributed by atoms with Crippen molar-refractivity contribution in [2.75, 3.05) is 4.90 Å². The SMILES string of the molecule is c1ccc(B2c3cccc4c3N3c5c2cccc5C2(c5ccc6c(c53)C43c4ccccc4C6c4ccccc43)C3CC4CC(C3)CC2C4)cc1. The number of anilines is 3. The Hall–Kier alpha value is -4.82. The van der Waals surface area contributed by atoms with E-state index < -0.39 is 0 Å². The first-order valence-corrected chi connectivity index (χ1v) is 19.3. The quantitative estimate of drug-likeness (QED) is 0.163. The lowest BCUT2D eigenvalue weighted by atomic mass is 9.32. The van der Waals surface area contributed by atoms with E-state index in [0.29, 0.717) is 11.8 Å². The van der Waals surface area contributed by atoms with Gasteiger partial charge in [-0.2, -0.15) is 0 Å². The molecule has 2 heteroatoms. The van der Waals surface area contributed by atoms with E-state index in [2.05, 4.69) is 132 Å². The fourth-order valence-electron chi connectivity index (χ4n) is 14.5. The average molecular weight is 638 g/mol. The summed E-state index contributed by atoms with van der Waals surface area (Å²) in [6, 6.07) is 50.7. The Morgan fingerprint density at radius 3 is 1.70 bits per heavy atom. The molecule has 0 N–H and O–H groups in total. The summed E-state index contributed by atoms with van der Waals surface area (Å²) in [7, 11) is 0. The van der Waals surface area contributed by atoms with Gasteiger partial charge < -0.3 is 4.90 Å². The van der Waals surface area contributed by atoms with Gasteiger partial charge in [-0.15, -0.1) is 0 Å². The van der Waals surface area contributed by atoms with Crippen LogP contribution in [0.2, 0.25) is 0 Å². The van der Waals surface area contributed by atoms with Crippen LogP contribution in [0.1, 0.15) is 88.1 Å². The molecule has 16 rings (SSSR count). The van der Waals surface area contributed by atoms with Crippen molar-refractivity contribution in [3.8, 4) is 0 Å². The number of rotatable bonds is 1. The van der Waals surface area contributed by atoms with Crippen LogP contribution in [0.25, 0.3) is 0 Å². The van der Waals surface area contributed by atoms with Gasteiger partial charge in [0.1, 0.15) is 0 Å². The molecular weight excluding hydrogens is 601 g/mol. The van der Waals surface area contributed by atoms with Crippen molar-refractivity contribution >= 4 is 40.2 Å². The van der Waals surface area contributed by atoms with Gasteiger partial charge in [0.2, 0.25) is 6.71 Å². The summed E-state index contributed by atoms with van der Waals surface area (Å²) in [5.74, 6) is 3.53. The largest absolute Gasteiger partial charge is 0.310 e. The van der Waals surface area contributed by atoms with Gasteiger partial charge in [-0.3, -0.25) is 0 Å². The number of nitrogens with zero attached hydrogens (tertiary/aromatic N) is 1. The van der Waals surface area contributed by atoms with Crippen LogP contribution >= 0.6 is 0 Å². The molecule has 6 aromatic rings. The Morgan fingerprint density at radius 2 is 1.02 bits per heavy atom. The lowest BCUT2D eigenvalue weighted by Gasteiger charge is -2.66. The van der Waals surface area contributed by atoms with E-state index >= 15 is 0 Å². The zero-order chi connectivity index (χ0) is 32.1. The van der Waals surface area contributed by atoms with E-state index in [1.807, 2.05) is 0 Å². The summed E-state index contributed by atoms with van der Waals surface area (Å²) < 4.78 is 0. The van der Waals surface area contributed by atoms with Gasteiger partial charge >= 0.3 is 0 Å². The maximum Gasteiger partial charge on any atom is 0.246 e. The van der Waals surface area contributed by atoms with Gasteiger partial charge in [-0.25, -0.2) is 0 Å². The molecule has 50 heavy (non-hydrogen) atoms. The zero-order valence-electron chi connectivity index (χ0n) is 28.1. The molecule has 0 saturated heterocycles. The molecule has 2 spiro atoms. The topological polar surface area (TPSA) is 3.24 Å². The van der Waals surface area contributed by atoms with Gasteiger partial charge in [0.25, 0.3) is 0 Å². The van der Waals surface area contributed by atoms with E-state index in [1.54, 1.807) is 27.9 Å². The summed E-state index contributed by atoms with van der Waals surface area (Å²) >= 11 is 0. The highest BCUT2D eigenvalue weighted by atomic mass is 15.2. The minimum Gasteiger partial charge on any atom is -0.310 e. The number of hydrogen-bond donors (Lipinski definition) is 0. The van der Waals surface area contributed by atoms with Gasteiger partial charge in [-0.1, -0.05) is 133 Å². The van der Waals surface area contributed by atoms with Crippen LogP contribution in [0.4, 0.5) is 17.1 Å². The van der Waals surface area contributed by atoms with E-state index in [1.165, 1.54) is 87.7 Å². The molecule has 3 aliphatic heterocycles. The van der Waals surface area contributed by atoms with Gasteiger partial charge in [0.05, 0.1) is 11.1 Å². The first kappa shape index (κ1) is 26.1. The second-order valence-electron chi connectivity index (χ2n) is 17.1. The lowest BCUT2D eigenvalue weighted by molar-refractivity contribution is -0.0419. The molecule has 4 fully saturated rings. The molecule has 4 saturated carbocycles. The van der Waals surface area contributed by atoms with Crippen molar-refractivity contribution in [2.45, 2.75) is 48.9 Å². The molecule has 3 heterocycles. The van der Waals surface area contributed by atoms with E-state index in [9.17, 15) is 0 Å². The molecule has 0 atom stereocenters. The van der Waals surface area contributed by atoms with E-state index in [0.717, 1.165) is 11.8 Å². The van der Waals surface area contributed by atoms with Crippen LogP contribution in [0.15, 0.2) is 127 Å². The number of para-hydroxylation sites is 2. The summed E-state index contributed by atoms with van der Waals surface area (Å²) in [6.07, 6.45) is 7.07. The van der Waals surface area contributed by atoms with Gasteiger partial charge in [-0.05, 0) is 111 Å².